The van der Waals surface area contributed by atoms with Crippen molar-refractivity contribution in [1.82, 2.24) is 0 Å². The SMILES string of the molecule is C=CCCCOC(=O)C(=C)C. The monoisotopic (exact) mass is 154 g/mol. The fraction of sp³-hybridized carbons (Fsp3) is 0.444. The van der Waals surface area contributed by atoms with Crippen molar-refractivity contribution >= 4 is 5.97 Å². The normalized spacial score (nSPS) is 8.82. The van der Waals surface area contributed by atoms with Crippen LogP contribution in [-0.2, 0) is 9.53 Å². The van der Waals surface area contributed by atoms with Crippen LogP contribution in [0.1, 0.15) is 19.8 Å². The summed E-state index contributed by atoms with van der Waals surface area (Å²) in [4.78, 5) is 10.8. The van der Waals surface area contributed by atoms with Gasteiger partial charge in [-0.1, -0.05) is 12.7 Å². The summed E-state index contributed by atoms with van der Waals surface area (Å²) in [7, 11) is 0. The van der Waals surface area contributed by atoms with Crippen LogP contribution in [0.15, 0.2) is 24.8 Å². The average molecular weight is 154 g/mol. The van der Waals surface area contributed by atoms with Crippen molar-refractivity contribution in [3.63, 3.8) is 0 Å². The molecule has 11 heavy (non-hydrogen) atoms. The Morgan fingerprint density at radius 3 is 2.73 bits per heavy atom. The smallest absolute Gasteiger partial charge is 0.333 e. The van der Waals surface area contributed by atoms with Gasteiger partial charge in [0.05, 0.1) is 6.61 Å². The summed E-state index contributed by atoms with van der Waals surface area (Å²) in [5.74, 6) is -0.311. The lowest BCUT2D eigenvalue weighted by molar-refractivity contribution is -0.139. The molecule has 0 amide bonds. The van der Waals surface area contributed by atoms with Gasteiger partial charge in [-0.05, 0) is 19.8 Å². The minimum atomic E-state index is -0.311. The maximum atomic E-state index is 10.8. The summed E-state index contributed by atoms with van der Waals surface area (Å²) in [6.45, 7) is 9.10. The molecule has 0 saturated heterocycles. The third-order valence-corrected chi connectivity index (χ3v) is 1.13. The summed E-state index contributed by atoms with van der Waals surface area (Å²) in [6, 6.07) is 0. The lowest BCUT2D eigenvalue weighted by atomic mass is 10.3. The summed E-state index contributed by atoms with van der Waals surface area (Å²) in [5.41, 5.74) is 0.448. The number of hydrogen-bond donors (Lipinski definition) is 0. The highest BCUT2D eigenvalue weighted by atomic mass is 16.5. The predicted molar refractivity (Wildman–Crippen MR) is 45.2 cm³/mol. The molecule has 0 aliphatic rings. The van der Waals surface area contributed by atoms with E-state index < -0.39 is 0 Å². The molecule has 0 aromatic carbocycles. The van der Waals surface area contributed by atoms with Gasteiger partial charge >= 0.3 is 5.97 Å². The predicted octanol–water partition coefficient (Wildman–Crippen LogP) is 2.07. The molecule has 2 heteroatoms. The Morgan fingerprint density at radius 2 is 2.27 bits per heavy atom. The van der Waals surface area contributed by atoms with E-state index in [0.717, 1.165) is 12.8 Å². The molecule has 0 unspecified atom stereocenters. The summed E-state index contributed by atoms with van der Waals surface area (Å²) >= 11 is 0. The molecule has 0 fully saturated rings. The van der Waals surface area contributed by atoms with Crippen LogP contribution in [0.25, 0.3) is 0 Å². The Morgan fingerprint density at radius 1 is 1.64 bits per heavy atom. The van der Waals surface area contributed by atoms with Crippen LogP contribution in [0.5, 0.6) is 0 Å². The fourth-order valence-electron chi connectivity index (χ4n) is 0.516. The highest BCUT2D eigenvalue weighted by molar-refractivity contribution is 5.86. The quantitative estimate of drug-likeness (QED) is 0.262. The van der Waals surface area contributed by atoms with Gasteiger partial charge in [-0.3, -0.25) is 0 Å². The Balaban J connectivity index is 3.31. The molecule has 0 aliphatic heterocycles. The summed E-state index contributed by atoms with van der Waals surface area (Å²) in [5, 5.41) is 0. The van der Waals surface area contributed by atoms with Gasteiger partial charge in [0.15, 0.2) is 0 Å². The van der Waals surface area contributed by atoms with Crippen LogP contribution in [0.3, 0.4) is 0 Å². The van der Waals surface area contributed by atoms with Crippen molar-refractivity contribution in [2.75, 3.05) is 6.61 Å². The minimum Gasteiger partial charge on any atom is -0.462 e. The Labute approximate surface area is 67.6 Å². The van der Waals surface area contributed by atoms with Gasteiger partial charge in [0.2, 0.25) is 0 Å². The zero-order valence-corrected chi connectivity index (χ0v) is 6.93. The zero-order valence-electron chi connectivity index (χ0n) is 6.93. The molecule has 0 aliphatic carbocycles. The van der Waals surface area contributed by atoms with Gasteiger partial charge in [0.25, 0.3) is 0 Å². The average Bonchev–Trinajstić information content (AvgIpc) is 1.97. The molecule has 2 nitrogen and oxygen atoms in total. The number of allylic oxidation sites excluding steroid dienone is 1. The van der Waals surface area contributed by atoms with Gasteiger partial charge in [0.1, 0.15) is 0 Å². The number of carbonyl (C=O) groups is 1. The van der Waals surface area contributed by atoms with Crippen LogP contribution >= 0.6 is 0 Å². The Hall–Kier alpha value is -1.05. The second kappa shape index (κ2) is 5.71. The van der Waals surface area contributed by atoms with E-state index in [-0.39, 0.29) is 5.97 Å². The highest BCUT2D eigenvalue weighted by Gasteiger charge is 2.00. The van der Waals surface area contributed by atoms with Crippen LogP contribution in [0.2, 0.25) is 0 Å². The van der Waals surface area contributed by atoms with Crippen molar-refractivity contribution < 1.29 is 9.53 Å². The lowest BCUT2D eigenvalue weighted by Crippen LogP contribution is -2.05. The number of unbranched alkanes of at least 4 members (excludes halogenated alkanes) is 1. The second-order valence-corrected chi connectivity index (χ2v) is 2.35. The fourth-order valence-corrected chi connectivity index (χ4v) is 0.516. The molecule has 0 spiro atoms. The number of carbonyl (C=O) groups excluding carboxylic acids is 1. The first-order valence-electron chi connectivity index (χ1n) is 3.62. The van der Waals surface area contributed by atoms with Gasteiger partial charge in [0, 0.05) is 5.57 Å². The largest absolute Gasteiger partial charge is 0.462 e. The van der Waals surface area contributed by atoms with Gasteiger partial charge in [-0.2, -0.15) is 0 Å². The molecule has 0 aromatic rings. The Kier molecular flexibility index (Phi) is 5.17. The first kappa shape index (κ1) is 9.95. The lowest BCUT2D eigenvalue weighted by Gasteiger charge is -2.01. The summed E-state index contributed by atoms with van der Waals surface area (Å²) < 4.78 is 4.82. The minimum absolute atomic E-state index is 0.311. The molecule has 0 atom stereocenters. The topological polar surface area (TPSA) is 26.3 Å². The number of hydrogen-bond acceptors (Lipinski definition) is 2. The van der Waals surface area contributed by atoms with Crippen molar-refractivity contribution in [3.8, 4) is 0 Å². The van der Waals surface area contributed by atoms with E-state index >= 15 is 0 Å². The van der Waals surface area contributed by atoms with Crippen molar-refractivity contribution in [1.29, 1.82) is 0 Å². The molecular formula is C9H14O2. The molecular weight excluding hydrogens is 140 g/mol. The maximum Gasteiger partial charge on any atom is 0.333 e. The second-order valence-electron chi connectivity index (χ2n) is 2.35. The van der Waals surface area contributed by atoms with Gasteiger partial charge < -0.3 is 4.74 Å². The standard InChI is InChI=1S/C9H14O2/c1-4-5-6-7-11-9(10)8(2)3/h4H,1-2,5-7H2,3H3. The first-order valence-corrected chi connectivity index (χ1v) is 3.62. The maximum absolute atomic E-state index is 10.8. The van der Waals surface area contributed by atoms with Crippen LogP contribution < -0.4 is 0 Å². The molecule has 0 radical (unpaired) electrons. The van der Waals surface area contributed by atoms with E-state index in [2.05, 4.69) is 13.2 Å². The van der Waals surface area contributed by atoms with Crippen LogP contribution in [0, 0.1) is 0 Å². The summed E-state index contributed by atoms with van der Waals surface area (Å²) in [6.07, 6.45) is 3.51. The number of rotatable bonds is 5. The first-order chi connectivity index (χ1) is 5.18. The molecule has 0 bridgehead atoms. The van der Waals surface area contributed by atoms with E-state index in [4.69, 9.17) is 4.74 Å². The van der Waals surface area contributed by atoms with Crippen molar-refractivity contribution in [3.05, 3.63) is 24.8 Å². The third kappa shape index (κ3) is 5.40. The highest BCUT2D eigenvalue weighted by Crippen LogP contribution is 1.95. The van der Waals surface area contributed by atoms with Crippen LogP contribution in [0.4, 0.5) is 0 Å². The molecule has 0 rings (SSSR count). The van der Waals surface area contributed by atoms with Crippen molar-refractivity contribution in [2.24, 2.45) is 0 Å². The van der Waals surface area contributed by atoms with Crippen molar-refractivity contribution in [2.45, 2.75) is 19.8 Å². The molecule has 0 aromatic heterocycles. The molecule has 0 N–H and O–H groups in total. The number of esters is 1. The van der Waals surface area contributed by atoms with E-state index in [1.165, 1.54) is 0 Å². The Bertz CT molecular complexity index is 159. The number of ether oxygens (including phenoxy) is 1. The van der Waals surface area contributed by atoms with E-state index in [9.17, 15) is 4.79 Å². The molecule has 0 saturated carbocycles. The van der Waals surface area contributed by atoms with E-state index in [1.54, 1.807) is 13.0 Å². The van der Waals surface area contributed by atoms with E-state index in [0.29, 0.717) is 12.2 Å². The van der Waals surface area contributed by atoms with Gasteiger partial charge in [-0.15, -0.1) is 6.58 Å². The van der Waals surface area contributed by atoms with Gasteiger partial charge in [-0.25, -0.2) is 4.79 Å². The van der Waals surface area contributed by atoms with E-state index in [1.807, 2.05) is 0 Å². The molecule has 62 valence electrons. The third-order valence-electron chi connectivity index (χ3n) is 1.13. The van der Waals surface area contributed by atoms with Crippen LogP contribution in [-0.4, -0.2) is 12.6 Å². The zero-order chi connectivity index (χ0) is 8.69. The molecule has 0 heterocycles.